The van der Waals surface area contributed by atoms with E-state index in [0.717, 1.165) is 5.69 Å². The zero-order chi connectivity index (χ0) is 7.40. The first-order valence-corrected chi connectivity index (χ1v) is 2.97. The average molecular weight is 142 g/mol. The molecule has 1 aromatic heterocycles. The molecule has 0 atom stereocenters. The summed E-state index contributed by atoms with van der Waals surface area (Å²) in [5.74, 6) is 0. The highest BCUT2D eigenvalue weighted by Crippen LogP contribution is 1.91. The predicted octanol–water partition coefficient (Wildman–Crippen LogP) is 0.224. The normalized spacial score (nSPS) is 9.80. The van der Waals surface area contributed by atoms with Crippen LogP contribution in [0, 0.1) is 6.92 Å². The summed E-state index contributed by atoms with van der Waals surface area (Å²) in [6.45, 7) is 2.13. The molecule has 0 amide bonds. The van der Waals surface area contributed by atoms with Crippen molar-refractivity contribution in [3.63, 3.8) is 0 Å². The molecule has 0 aliphatic rings. The van der Waals surface area contributed by atoms with Gasteiger partial charge in [0.15, 0.2) is 0 Å². The highest BCUT2D eigenvalue weighted by Gasteiger charge is 1.93. The van der Waals surface area contributed by atoms with Crippen LogP contribution < -0.4 is 4.84 Å². The summed E-state index contributed by atoms with van der Waals surface area (Å²) >= 11 is 0. The molecule has 0 radical (unpaired) electrons. The third kappa shape index (κ3) is 1.48. The molecule has 1 heterocycles. The first kappa shape index (κ1) is 7.08. The SMILES string of the molecule is COCOn1nccc1C. The summed E-state index contributed by atoms with van der Waals surface area (Å²) in [6.07, 6.45) is 1.67. The van der Waals surface area contributed by atoms with Crippen molar-refractivity contribution in [2.24, 2.45) is 0 Å². The van der Waals surface area contributed by atoms with E-state index in [4.69, 9.17) is 4.84 Å². The average Bonchev–Trinajstić information content (AvgIpc) is 2.31. The van der Waals surface area contributed by atoms with Crippen molar-refractivity contribution in [1.82, 2.24) is 9.94 Å². The van der Waals surface area contributed by atoms with Crippen LogP contribution in [0.1, 0.15) is 5.69 Å². The predicted molar refractivity (Wildman–Crippen MR) is 35.4 cm³/mol. The van der Waals surface area contributed by atoms with E-state index in [1.54, 1.807) is 13.3 Å². The second-order valence-electron chi connectivity index (χ2n) is 1.88. The molecule has 0 aliphatic carbocycles. The number of aromatic nitrogens is 2. The number of rotatable bonds is 3. The lowest BCUT2D eigenvalue weighted by Crippen LogP contribution is -2.16. The summed E-state index contributed by atoms with van der Waals surface area (Å²) in [5.41, 5.74) is 0.956. The van der Waals surface area contributed by atoms with Crippen molar-refractivity contribution < 1.29 is 9.57 Å². The number of hydrogen-bond acceptors (Lipinski definition) is 3. The summed E-state index contributed by atoms with van der Waals surface area (Å²) in [7, 11) is 1.57. The molecule has 0 aliphatic heterocycles. The molecule has 0 spiro atoms. The minimum Gasteiger partial charge on any atom is -0.368 e. The Morgan fingerprint density at radius 2 is 2.50 bits per heavy atom. The Morgan fingerprint density at radius 3 is 3.00 bits per heavy atom. The fourth-order valence-electron chi connectivity index (χ4n) is 0.594. The van der Waals surface area contributed by atoms with Crippen LogP contribution in [0.2, 0.25) is 0 Å². The molecule has 0 unspecified atom stereocenters. The lowest BCUT2D eigenvalue weighted by Gasteiger charge is -2.03. The first-order chi connectivity index (χ1) is 4.84. The van der Waals surface area contributed by atoms with Crippen molar-refractivity contribution in [1.29, 1.82) is 0 Å². The number of ether oxygens (including phenoxy) is 1. The Labute approximate surface area is 59.3 Å². The highest BCUT2D eigenvalue weighted by atomic mass is 16.8. The zero-order valence-electron chi connectivity index (χ0n) is 6.07. The van der Waals surface area contributed by atoms with Crippen LogP contribution in [0.25, 0.3) is 0 Å². The van der Waals surface area contributed by atoms with Gasteiger partial charge in [-0.1, -0.05) is 0 Å². The van der Waals surface area contributed by atoms with Gasteiger partial charge in [0, 0.05) is 7.11 Å². The van der Waals surface area contributed by atoms with Crippen molar-refractivity contribution in [3.05, 3.63) is 18.0 Å². The summed E-state index contributed by atoms with van der Waals surface area (Å²) in [4.78, 5) is 6.43. The zero-order valence-corrected chi connectivity index (χ0v) is 6.07. The van der Waals surface area contributed by atoms with Crippen molar-refractivity contribution in [2.75, 3.05) is 13.9 Å². The van der Waals surface area contributed by atoms with E-state index < -0.39 is 0 Å². The van der Waals surface area contributed by atoms with Gasteiger partial charge in [-0.05, 0) is 13.0 Å². The quantitative estimate of drug-likeness (QED) is 0.566. The molecule has 1 rings (SSSR count). The Kier molecular flexibility index (Phi) is 2.28. The molecule has 0 aromatic carbocycles. The van der Waals surface area contributed by atoms with E-state index in [1.807, 2.05) is 13.0 Å². The number of aryl methyl sites for hydroxylation is 1. The highest BCUT2D eigenvalue weighted by molar-refractivity contribution is 4.94. The molecule has 0 saturated heterocycles. The van der Waals surface area contributed by atoms with Crippen LogP contribution in [0.3, 0.4) is 0 Å². The van der Waals surface area contributed by atoms with Gasteiger partial charge in [0.25, 0.3) is 0 Å². The van der Waals surface area contributed by atoms with Crippen LogP contribution in [-0.2, 0) is 4.74 Å². The number of methoxy groups -OCH3 is 1. The fraction of sp³-hybridized carbons (Fsp3) is 0.500. The molecule has 0 bridgehead atoms. The van der Waals surface area contributed by atoms with E-state index in [2.05, 4.69) is 9.84 Å². The largest absolute Gasteiger partial charge is 0.368 e. The maximum absolute atomic E-state index is 5.01. The Hall–Kier alpha value is -1.03. The minimum atomic E-state index is 0.225. The Balaban J connectivity index is 2.49. The van der Waals surface area contributed by atoms with Gasteiger partial charge in [-0.15, -0.1) is 9.94 Å². The molecule has 4 heteroatoms. The minimum absolute atomic E-state index is 0.225. The van der Waals surface area contributed by atoms with E-state index in [-0.39, 0.29) is 6.79 Å². The fourth-order valence-corrected chi connectivity index (χ4v) is 0.594. The van der Waals surface area contributed by atoms with Gasteiger partial charge in [-0.2, -0.15) is 0 Å². The topological polar surface area (TPSA) is 36.3 Å². The summed E-state index contributed by atoms with van der Waals surface area (Å²) in [5, 5.41) is 3.87. The molecule has 10 heavy (non-hydrogen) atoms. The number of hydrogen-bond donors (Lipinski definition) is 0. The smallest absolute Gasteiger partial charge is 0.216 e. The maximum Gasteiger partial charge on any atom is 0.216 e. The molecule has 56 valence electrons. The van der Waals surface area contributed by atoms with Gasteiger partial charge >= 0.3 is 0 Å². The second kappa shape index (κ2) is 3.22. The summed E-state index contributed by atoms with van der Waals surface area (Å²) in [6, 6.07) is 1.86. The van der Waals surface area contributed by atoms with Crippen LogP contribution in [0.15, 0.2) is 12.3 Å². The van der Waals surface area contributed by atoms with Gasteiger partial charge in [-0.3, -0.25) is 0 Å². The monoisotopic (exact) mass is 142 g/mol. The van der Waals surface area contributed by atoms with E-state index in [9.17, 15) is 0 Å². The Bertz CT molecular complexity index is 197. The molecular formula is C6H10N2O2. The third-order valence-electron chi connectivity index (χ3n) is 1.08. The van der Waals surface area contributed by atoms with Gasteiger partial charge in [0.05, 0.1) is 11.9 Å². The Morgan fingerprint density at radius 1 is 1.70 bits per heavy atom. The molecule has 0 saturated carbocycles. The van der Waals surface area contributed by atoms with Crippen molar-refractivity contribution >= 4 is 0 Å². The van der Waals surface area contributed by atoms with E-state index in [0.29, 0.717) is 0 Å². The summed E-state index contributed by atoms with van der Waals surface area (Å²) < 4.78 is 4.69. The van der Waals surface area contributed by atoms with Gasteiger partial charge in [0.1, 0.15) is 0 Å². The van der Waals surface area contributed by atoms with Gasteiger partial charge in [0.2, 0.25) is 6.79 Å². The lowest BCUT2D eigenvalue weighted by atomic mass is 10.5. The number of nitrogens with zero attached hydrogens (tertiary/aromatic N) is 2. The first-order valence-electron chi connectivity index (χ1n) is 2.97. The second-order valence-corrected chi connectivity index (χ2v) is 1.88. The van der Waals surface area contributed by atoms with Gasteiger partial charge in [-0.25, -0.2) is 0 Å². The molecule has 0 N–H and O–H groups in total. The molecular weight excluding hydrogens is 132 g/mol. The maximum atomic E-state index is 5.01. The molecule has 0 fully saturated rings. The van der Waals surface area contributed by atoms with Gasteiger partial charge < -0.3 is 9.57 Å². The molecule has 1 aromatic rings. The van der Waals surface area contributed by atoms with Crippen molar-refractivity contribution in [2.45, 2.75) is 6.92 Å². The standard InChI is InChI=1S/C6H10N2O2/c1-6-3-4-7-8(6)10-5-9-2/h3-4H,5H2,1-2H3. The van der Waals surface area contributed by atoms with Crippen LogP contribution in [0.5, 0.6) is 0 Å². The van der Waals surface area contributed by atoms with Crippen molar-refractivity contribution in [3.8, 4) is 0 Å². The van der Waals surface area contributed by atoms with Crippen LogP contribution in [0.4, 0.5) is 0 Å². The molecule has 4 nitrogen and oxygen atoms in total. The van der Waals surface area contributed by atoms with E-state index in [1.165, 1.54) is 4.85 Å². The van der Waals surface area contributed by atoms with E-state index >= 15 is 0 Å². The van der Waals surface area contributed by atoms with Crippen LogP contribution >= 0.6 is 0 Å². The van der Waals surface area contributed by atoms with Crippen LogP contribution in [-0.4, -0.2) is 23.8 Å². The lowest BCUT2D eigenvalue weighted by molar-refractivity contribution is -0.0534. The third-order valence-corrected chi connectivity index (χ3v) is 1.08.